The van der Waals surface area contributed by atoms with E-state index in [-0.39, 0.29) is 5.91 Å². The van der Waals surface area contributed by atoms with Crippen molar-refractivity contribution in [2.45, 2.75) is 20.5 Å². The van der Waals surface area contributed by atoms with Crippen LogP contribution in [0.15, 0.2) is 88.4 Å². The Morgan fingerprint density at radius 2 is 1.68 bits per heavy atom. The summed E-state index contributed by atoms with van der Waals surface area (Å²) in [6.45, 7) is 4.54. The molecule has 1 heterocycles. The number of halogens is 2. The molecule has 1 aromatic heterocycles. The normalized spacial score (nSPS) is 11.1. The van der Waals surface area contributed by atoms with Gasteiger partial charge in [-0.15, -0.1) is 0 Å². The summed E-state index contributed by atoms with van der Waals surface area (Å²) in [7, 11) is 0. The van der Waals surface area contributed by atoms with Gasteiger partial charge in [-0.05, 0) is 91.7 Å². The number of hydrogen-bond donors (Lipinski definition) is 1. The van der Waals surface area contributed by atoms with Gasteiger partial charge in [0.25, 0.3) is 5.91 Å². The van der Waals surface area contributed by atoms with Crippen molar-refractivity contribution in [2.75, 3.05) is 0 Å². The highest BCUT2D eigenvalue weighted by Gasteiger charge is 2.12. The van der Waals surface area contributed by atoms with Gasteiger partial charge in [0.05, 0.1) is 16.8 Å². The van der Waals surface area contributed by atoms with Crippen molar-refractivity contribution in [1.82, 2.24) is 9.99 Å². The molecular weight excluding hydrogens is 514 g/mol. The molecule has 7 heteroatoms. The standard InChI is InChI=1S/C27H23BrClN3O2/c1-18-3-4-19(2)32(18)23-11-14-25(26(29)15-23)27(33)31-30-16-20-7-12-24(13-8-20)34-17-21-5-9-22(28)10-6-21/h3-16H,17H2,1-2H3,(H,31,33)/b30-16+. The molecule has 0 saturated carbocycles. The van der Waals surface area contributed by atoms with Crippen molar-refractivity contribution < 1.29 is 9.53 Å². The Hall–Kier alpha value is -3.35. The molecule has 0 unspecified atom stereocenters. The number of aromatic nitrogens is 1. The minimum absolute atomic E-state index is 0.363. The largest absolute Gasteiger partial charge is 0.489 e. The summed E-state index contributed by atoms with van der Waals surface area (Å²) in [5, 5.41) is 4.42. The zero-order chi connectivity index (χ0) is 24.1. The Labute approximate surface area is 212 Å². The van der Waals surface area contributed by atoms with Crippen LogP contribution in [0.1, 0.15) is 32.9 Å². The third kappa shape index (κ3) is 5.76. The molecule has 4 aromatic rings. The van der Waals surface area contributed by atoms with Crippen LogP contribution in [0.4, 0.5) is 0 Å². The Morgan fingerprint density at radius 3 is 2.32 bits per heavy atom. The van der Waals surface area contributed by atoms with Gasteiger partial charge >= 0.3 is 0 Å². The Morgan fingerprint density at radius 1 is 1.00 bits per heavy atom. The summed E-state index contributed by atoms with van der Waals surface area (Å²) < 4.78 is 8.92. The molecule has 0 fully saturated rings. The Bertz CT molecular complexity index is 1310. The lowest BCUT2D eigenvalue weighted by Gasteiger charge is -2.11. The first kappa shape index (κ1) is 23.8. The zero-order valence-corrected chi connectivity index (χ0v) is 21.1. The van der Waals surface area contributed by atoms with E-state index < -0.39 is 0 Å². The van der Waals surface area contributed by atoms with Crippen LogP contribution in [-0.2, 0) is 6.61 Å². The first-order valence-corrected chi connectivity index (χ1v) is 11.8. The molecule has 172 valence electrons. The number of benzene rings is 3. The highest BCUT2D eigenvalue weighted by molar-refractivity contribution is 9.10. The number of amides is 1. The van der Waals surface area contributed by atoms with Gasteiger partial charge in [-0.3, -0.25) is 4.79 Å². The van der Waals surface area contributed by atoms with Crippen molar-refractivity contribution in [3.63, 3.8) is 0 Å². The first-order valence-electron chi connectivity index (χ1n) is 10.7. The van der Waals surface area contributed by atoms with Crippen molar-refractivity contribution >= 4 is 39.7 Å². The van der Waals surface area contributed by atoms with Gasteiger partial charge < -0.3 is 9.30 Å². The van der Waals surface area contributed by atoms with Crippen LogP contribution >= 0.6 is 27.5 Å². The fraction of sp³-hybridized carbons (Fsp3) is 0.111. The highest BCUT2D eigenvalue weighted by atomic mass is 79.9. The van der Waals surface area contributed by atoms with E-state index in [1.807, 2.05) is 80.6 Å². The minimum atomic E-state index is -0.372. The third-order valence-electron chi connectivity index (χ3n) is 5.31. The molecule has 0 bridgehead atoms. The number of carbonyl (C=O) groups excluding carboxylic acids is 1. The summed E-state index contributed by atoms with van der Waals surface area (Å²) in [5.41, 5.74) is 7.92. The maximum atomic E-state index is 12.5. The van der Waals surface area contributed by atoms with E-state index in [0.29, 0.717) is 17.2 Å². The SMILES string of the molecule is Cc1ccc(C)n1-c1ccc(C(=O)N/N=C/c2ccc(OCc3ccc(Br)cc3)cc2)c(Cl)c1. The number of aryl methyl sites for hydroxylation is 2. The van der Waals surface area contributed by atoms with Crippen LogP contribution in [0.5, 0.6) is 5.75 Å². The van der Waals surface area contributed by atoms with E-state index in [1.165, 1.54) is 0 Å². The smallest absolute Gasteiger partial charge is 0.272 e. The second kappa shape index (κ2) is 10.7. The average molecular weight is 537 g/mol. The molecule has 3 aromatic carbocycles. The third-order valence-corrected chi connectivity index (χ3v) is 6.15. The van der Waals surface area contributed by atoms with Gasteiger partial charge in [-0.2, -0.15) is 5.10 Å². The number of nitrogens with one attached hydrogen (secondary N) is 1. The van der Waals surface area contributed by atoms with Gasteiger partial charge in [-0.25, -0.2) is 5.43 Å². The van der Waals surface area contributed by atoms with Crippen molar-refractivity contribution in [2.24, 2.45) is 5.10 Å². The Balaban J connectivity index is 1.34. The second-order valence-electron chi connectivity index (χ2n) is 7.80. The first-order chi connectivity index (χ1) is 16.4. The molecule has 5 nitrogen and oxygen atoms in total. The minimum Gasteiger partial charge on any atom is -0.489 e. The van der Waals surface area contributed by atoms with Crippen LogP contribution in [0, 0.1) is 13.8 Å². The summed E-state index contributed by atoms with van der Waals surface area (Å²) in [5.74, 6) is 0.382. The predicted octanol–water partition coefficient (Wildman–Crippen LogP) is 6.85. The highest BCUT2D eigenvalue weighted by Crippen LogP contribution is 2.23. The topological polar surface area (TPSA) is 55.6 Å². The summed E-state index contributed by atoms with van der Waals surface area (Å²) >= 11 is 9.82. The lowest BCUT2D eigenvalue weighted by Crippen LogP contribution is -2.18. The lowest BCUT2D eigenvalue weighted by molar-refractivity contribution is 0.0955. The maximum Gasteiger partial charge on any atom is 0.272 e. The van der Waals surface area contributed by atoms with Crippen LogP contribution < -0.4 is 10.2 Å². The monoisotopic (exact) mass is 535 g/mol. The van der Waals surface area contributed by atoms with Gasteiger partial charge in [0.2, 0.25) is 0 Å². The van der Waals surface area contributed by atoms with Gasteiger partial charge in [0, 0.05) is 21.5 Å². The van der Waals surface area contributed by atoms with Crippen molar-refractivity contribution in [3.05, 3.63) is 116 Å². The van der Waals surface area contributed by atoms with Gasteiger partial charge in [0.15, 0.2) is 0 Å². The van der Waals surface area contributed by atoms with E-state index in [2.05, 4.69) is 31.0 Å². The van der Waals surface area contributed by atoms with Crippen LogP contribution in [0.25, 0.3) is 5.69 Å². The average Bonchev–Trinajstić information content (AvgIpc) is 3.17. The van der Waals surface area contributed by atoms with E-state index in [9.17, 15) is 4.79 Å². The van der Waals surface area contributed by atoms with E-state index in [0.717, 1.165) is 38.4 Å². The molecule has 4 rings (SSSR count). The van der Waals surface area contributed by atoms with Crippen LogP contribution in [0.2, 0.25) is 5.02 Å². The second-order valence-corrected chi connectivity index (χ2v) is 9.12. The number of rotatable bonds is 7. The molecule has 0 saturated heterocycles. The molecule has 0 spiro atoms. The summed E-state index contributed by atoms with van der Waals surface area (Å²) in [6, 6.07) is 24.9. The van der Waals surface area contributed by atoms with Gasteiger partial charge in [0.1, 0.15) is 12.4 Å². The number of hydrazone groups is 1. The Kier molecular flexibility index (Phi) is 7.50. The molecular formula is C27H23BrClN3O2. The van der Waals surface area contributed by atoms with Crippen molar-refractivity contribution in [3.8, 4) is 11.4 Å². The molecule has 0 aliphatic rings. The number of hydrogen-bond acceptors (Lipinski definition) is 3. The molecule has 1 amide bonds. The molecule has 0 atom stereocenters. The summed E-state index contributed by atoms with van der Waals surface area (Å²) in [6.07, 6.45) is 1.57. The predicted molar refractivity (Wildman–Crippen MR) is 140 cm³/mol. The van der Waals surface area contributed by atoms with Crippen LogP contribution in [0.3, 0.4) is 0 Å². The van der Waals surface area contributed by atoms with Gasteiger partial charge in [-0.1, -0.05) is 39.7 Å². The maximum absolute atomic E-state index is 12.5. The number of nitrogens with zero attached hydrogens (tertiary/aromatic N) is 2. The molecule has 0 aliphatic heterocycles. The molecule has 0 aliphatic carbocycles. The quantitative estimate of drug-likeness (QED) is 0.207. The zero-order valence-electron chi connectivity index (χ0n) is 18.8. The van der Waals surface area contributed by atoms with E-state index in [4.69, 9.17) is 16.3 Å². The molecule has 34 heavy (non-hydrogen) atoms. The number of carbonyl (C=O) groups is 1. The fourth-order valence-corrected chi connectivity index (χ4v) is 4.05. The lowest BCUT2D eigenvalue weighted by atomic mass is 10.2. The summed E-state index contributed by atoms with van der Waals surface area (Å²) in [4.78, 5) is 12.5. The fourth-order valence-electron chi connectivity index (χ4n) is 3.53. The van der Waals surface area contributed by atoms with E-state index >= 15 is 0 Å². The van der Waals surface area contributed by atoms with Crippen molar-refractivity contribution in [1.29, 1.82) is 0 Å². The number of ether oxygens (including phenoxy) is 1. The molecule has 0 radical (unpaired) electrons. The van der Waals surface area contributed by atoms with E-state index in [1.54, 1.807) is 18.3 Å². The molecule has 1 N–H and O–H groups in total. The van der Waals surface area contributed by atoms with Crippen LogP contribution in [-0.4, -0.2) is 16.7 Å².